The largest absolute Gasteiger partial charge is 0.381 e. The van der Waals surface area contributed by atoms with Crippen molar-refractivity contribution in [2.24, 2.45) is 23.7 Å². The van der Waals surface area contributed by atoms with Crippen molar-refractivity contribution in [3.05, 3.63) is 0 Å². The van der Waals surface area contributed by atoms with Crippen LogP contribution in [0.25, 0.3) is 0 Å². The maximum Gasteiger partial charge on any atom is 0.0494 e. The van der Waals surface area contributed by atoms with Crippen LogP contribution in [0, 0.1) is 23.7 Å². The average molecular weight is 266 g/mol. The molecule has 1 nitrogen and oxygen atoms in total. The van der Waals surface area contributed by atoms with Gasteiger partial charge in [-0.05, 0) is 55.8 Å². The molecule has 0 aromatic heterocycles. The summed E-state index contributed by atoms with van der Waals surface area (Å²) in [4.78, 5) is 0. The summed E-state index contributed by atoms with van der Waals surface area (Å²) in [6.45, 7) is 6.82. The van der Waals surface area contributed by atoms with Crippen molar-refractivity contribution in [2.75, 3.05) is 13.2 Å². The fourth-order valence-corrected chi connectivity index (χ4v) is 4.06. The summed E-state index contributed by atoms with van der Waals surface area (Å²) in [6, 6.07) is 0. The molecule has 2 rings (SSSR count). The standard InChI is InChI=1S/C18H34O/c1-15(2)12-16-8-10-18(11-9-16)14-19-13-17-6-4-3-5-7-17/h15-18H,3-14H2,1-2H3. The summed E-state index contributed by atoms with van der Waals surface area (Å²) in [7, 11) is 0. The molecule has 0 spiro atoms. The van der Waals surface area contributed by atoms with Crippen LogP contribution >= 0.6 is 0 Å². The van der Waals surface area contributed by atoms with Gasteiger partial charge in [-0.25, -0.2) is 0 Å². The molecule has 112 valence electrons. The van der Waals surface area contributed by atoms with E-state index >= 15 is 0 Å². The van der Waals surface area contributed by atoms with E-state index in [1.807, 2.05) is 0 Å². The molecule has 0 atom stereocenters. The summed E-state index contributed by atoms with van der Waals surface area (Å²) < 4.78 is 6.03. The first kappa shape index (κ1) is 15.4. The highest BCUT2D eigenvalue weighted by Gasteiger charge is 2.22. The van der Waals surface area contributed by atoms with Crippen LogP contribution in [0.1, 0.15) is 78.1 Å². The summed E-state index contributed by atoms with van der Waals surface area (Å²) in [5.74, 6) is 3.64. The molecule has 0 unspecified atom stereocenters. The van der Waals surface area contributed by atoms with Crippen LogP contribution in [0.5, 0.6) is 0 Å². The van der Waals surface area contributed by atoms with E-state index in [0.29, 0.717) is 0 Å². The number of hydrogen-bond acceptors (Lipinski definition) is 1. The van der Waals surface area contributed by atoms with Gasteiger partial charge in [-0.1, -0.05) is 46.0 Å². The zero-order valence-corrected chi connectivity index (χ0v) is 13.2. The second-order valence-corrected chi connectivity index (χ2v) is 7.56. The SMILES string of the molecule is CC(C)CC1CCC(COCC2CCCCC2)CC1. The van der Waals surface area contributed by atoms with E-state index < -0.39 is 0 Å². The first-order chi connectivity index (χ1) is 9.24. The number of rotatable bonds is 6. The fraction of sp³-hybridized carbons (Fsp3) is 1.00. The molecule has 0 amide bonds. The maximum absolute atomic E-state index is 6.03. The molecule has 0 radical (unpaired) electrons. The fourth-order valence-electron chi connectivity index (χ4n) is 4.06. The Morgan fingerprint density at radius 1 is 0.737 bits per heavy atom. The summed E-state index contributed by atoms with van der Waals surface area (Å²) in [5.41, 5.74) is 0. The van der Waals surface area contributed by atoms with Crippen molar-refractivity contribution in [3.63, 3.8) is 0 Å². The van der Waals surface area contributed by atoms with Crippen LogP contribution in [0.15, 0.2) is 0 Å². The zero-order chi connectivity index (χ0) is 13.5. The van der Waals surface area contributed by atoms with Crippen LogP contribution < -0.4 is 0 Å². The highest BCUT2D eigenvalue weighted by molar-refractivity contribution is 4.73. The van der Waals surface area contributed by atoms with Gasteiger partial charge in [-0.2, -0.15) is 0 Å². The lowest BCUT2D eigenvalue weighted by Crippen LogP contribution is -2.22. The Bertz CT molecular complexity index is 222. The average Bonchev–Trinajstić information content (AvgIpc) is 2.41. The molecular formula is C18H34O. The minimum absolute atomic E-state index is 0.868. The Kier molecular flexibility index (Phi) is 6.70. The van der Waals surface area contributed by atoms with E-state index in [1.54, 1.807) is 0 Å². The summed E-state index contributed by atoms with van der Waals surface area (Å²) in [6.07, 6.45) is 14.4. The predicted octanol–water partition coefficient (Wildman–Crippen LogP) is 5.44. The first-order valence-corrected chi connectivity index (χ1v) is 8.81. The van der Waals surface area contributed by atoms with E-state index in [1.165, 1.54) is 64.2 Å². The highest BCUT2D eigenvalue weighted by atomic mass is 16.5. The number of ether oxygens (including phenoxy) is 1. The number of hydrogen-bond donors (Lipinski definition) is 0. The molecule has 19 heavy (non-hydrogen) atoms. The Morgan fingerprint density at radius 2 is 1.26 bits per heavy atom. The molecule has 0 saturated heterocycles. The van der Waals surface area contributed by atoms with Gasteiger partial charge < -0.3 is 4.74 Å². The quantitative estimate of drug-likeness (QED) is 0.622. The second-order valence-electron chi connectivity index (χ2n) is 7.56. The maximum atomic E-state index is 6.03. The normalized spacial score (nSPS) is 29.8. The third-order valence-electron chi connectivity index (χ3n) is 5.20. The van der Waals surface area contributed by atoms with Crippen LogP contribution in [0.3, 0.4) is 0 Å². The van der Waals surface area contributed by atoms with Gasteiger partial charge in [-0.3, -0.25) is 0 Å². The molecule has 2 fully saturated rings. The van der Waals surface area contributed by atoms with Gasteiger partial charge in [0.15, 0.2) is 0 Å². The van der Waals surface area contributed by atoms with E-state index in [9.17, 15) is 0 Å². The molecule has 0 heterocycles. The van der Waals surface area contributed by atoms with E-state index in [-0.39, 0.29) is 0 Å². The molecule has 1 heteroatoms. The molecule has 0 N–H and O–H groups in total. The van der Waals surface area contributed by atoms with Crippen molar-refractivity contribution >= 4 is 0 Å². The van der Waals surface area contributed by atoms with Crippen LogP contribution in [0.2, 0.25) is 0 Å². The molecule has 0 aliphatic heterocycles. The Hall–Kier alpha value is -0.0400. The van der Waals surface area contributed by atoms with Gasteiger partial charge in [0, 0.05) is 13.2 Å². The van der Waals surface area contributed by atoms with Gasteiger partial charge in [0.25, 0.3) is 0 Å². The van der Waals surface area contributed by atoms with Crippen molar-refractivity contribution in [1.29, 1.82) is 0 Å². The third-order valence-corrected chi connectivity index (χ3v) is 5.20. The van der Waals surface area contributed by atoms with Crippen LogP contribution in [0.4, 0.5) is 0 Å². The molecule has 0 bridgehead atoms. The van der Waals surface area contributed by atoms with E-state index in [2.05, 4.69) is 13.8 Å². The summed E-state index contributed by atoms with van der Waals surface area (Å²) >= 11 is 0. The van der Waals surface area contributed by atoms with Crippen molar-refractivity contribution in [1.82, 2.24) is 0 Å². The predicted molar refractivity (Wildman–Crippen MR) is 82.3 cm³/mol. The highest BCUT2D eigenvalue weighted by Crippen LogP contribution is 2.33. The lowest BCUT2D eigenvalue weighted by atomic mass is 9.79. The van der Waals surface area contributed by atoms with Crippen molar-refractivity contribution in [3.8, 4) is 0 Å². The smallest absolute Gasteiger partial charge is 0.0494 e. The third kappa shape index (κ3) is 5.85. The molecule has 0 aromatic carbocycles. The molecule has 2 aliphatic carbocycles. The monoisotopic (exact) mass is 266 g/mol. The Morgan fingerprint density at radius 3 is 1.84 bits per heavy atom. The van der Waals surface area contributed by atoms with Crippen LogP contribution in [-0.2, 0) is 4.74 Å². The Balaban J connectivity index is 1.53. The molecule has 2 saturated carbocycles. The Labute approximate surface area is 120 Å². The zero-order valence-electron chi connectivity index (χ0n) is 13.2. The van der Waals surface area contributed by atoms with Crippen LogP contribution in [-0.4, -0.2) is 13.2 Å². The van der Waals surface area contributed by atoms with Gasteiger partial charge in [0.05, 0.1) is 0 Å². The molecule has 2 aliphatic rings. The van der Waals surface area contributed by atoms with Gasteiger partial charge >= 0.3 is 0 Å². The van der Waals surface area contributed by atoms with Gasteiger partial charge in [-0.15, -0.1) is 0 Å². The van der Waals surface area contributed by atoms with Gasteiger partial charge in [0.2, 0.25) is 0 Å². The topological polar surface area (TPSA) is 9.23 Å². The minimum atomic E-state index is 0.868. The summed E-state index contributed by atoms with van der Waals surface area (Å²) in [5, 5.41) is 0. The van der Waals surface area contributed by atoms with Crippen molar-refractivity contribution in [2.45, 2.75) is 78.1 Å². The minimum Gasteiger partial charge on any atom is -0.381 e. The van der Waals surface area contributed by atoms with E-state index in [4.69, 9.17) is 4.74 Å². The van der Waals surface area contributed by atoms with E-state index in [0.717, 1.165) is 36.9 Å². The van der Waals surface area contributed by atoms with Crippen molar-refractivity contribution < 1.29 is 4.74 Å². The lowest BCUT2D eigenvalue weighted by molar-refractivity contribution is 0.0449. The lowest BCUT2D eigenvalue weighted by Gasteiger charge is -2.30. The molecular weight excluding hydrogens is 232 g/mol. The molecule has 0 aromatic rings. The second kappa shape index (κ2) is 8.29. The first-order valence-electron chi connectivity index (χ1n) is 8.81. The van der Waals surface area contributed by atoms with Gasteiger partial charge in [0.1, 0.15) is 0 Å².